The normalized spacial score (nSPS) is 10.7. The van der Waals surface area contributed by atoms with Gasteiger partial charge in [-0.3, -0.25) is 4.79 Å². The first-order valence-electron chi connectivity index (χ1n) is 7.15. The number of amides is 1. The van der Waals surface area contributed by atoms with Gasteiger partial charge in [-0.15, -0.1) is 11.8 Å². The zero-order valence-electron chi connectivity index (χ0n) is 12.9. The molecule has 0 spiro atoms. The number of benzene rings is 2. The number of nitrogens with zero attached hydrogens (tertiary/aromatic N) is 1. The van der Waals surface area contributed by atoms with Gasteiger partial charge in [-0.25, -0.2) is 4.98 Å². The minimum Gasteiger partial charge on any atom is -0.496 e. The number of aromatic amines is 1. The molecule has 3 aromatic rings. The number of rotatable bonds is 5. The monoisotopic (exact) mass is 327 g/mol. The lowest BCUT2D eigenvalue weighted by molar-refractivity contribution is 0.0947. The first-order chi connectivity index (χ1) is 11.2. The summed E-state index contributed by atoms with van der Waals surface area (Å²) < 4.78 is 5.31. The van der Waals surface area contributed by atoms with Crippen LogP contribution in [0.15, 0.2) is 47.4 Å². The van der Waals surface area contributed by atoms with Gasteiger partial charge in [0.1, 0.15) is 11.6 Å². The Morgan fingerprint density at radius 1 is 1.30 bits per heavy atom. The van der Waals surface area contributed by atoms with Crippen LogP contribution in [0, 0.1) is 0 Å². The van der Waals surface area contributed by atoms with E-state index in [1.807, 2.05) is 42.7 Å². The van der Waals surface area contributed by atoms with E-state index in [1.54, 1.807) is 24.9 Å². The Bertz CT molecular complexity index is 812. The maximum absolute atomic E-state index is 12.4. The van der Waals surface area contributed by atoms with Gasteiger partial charge in [0.15, 0.2) is 0 Å². The van der Waals surface area contributed by atoms with Gasteiger partial charge in [0.05, 0.1) is 30.3 Å². The van der Waals surface area contributed by atoms with Gasteiger partial charge in [-0.1, -0.05) is 12.1 Å². The number of H-pyrrole nitrogens is 1. The fourth-order valence-electron chi connectivity index (χ4n) is 2.33. The lowest BCUT2D eigenvalue weighted by Gasteiger charge is -2.09. The molecule has 0 fully saturated rings. The number of carbonyl (C=O) groups is 1. The van der Waals surface area contributed by atoms with Crippen molar-refractivity contribution in [3.05, 3.63) is 53.9 Å². The van der Waals surface area contributed by atoms with Gasteiger partial charge in [0.2, 0.25) is 0 Å². The number of thioether (sulfide) groups is 1. The average molecular weight is 327 g/mol. The van der Waals surface area contributed by atoms with E-state index in [4.69, 9.17) is 4.74 Å². The molecule has 118 valence electrons. The maximum atomic E-state index is 12.4. The summed E-state index contributed by atoms with van der Waals surface area (Å²) in [6, 6.07) is 13.3. The Balaban J connectivity index is 1.74. The van der Waals surface area contributed by atoms with E-state index in [9.17, 15) is 4.79 Å². The van der Waals surface area contributed by atoms with Crippen LogP contribution in [0.1, 0.15) is 16.2 Å². The van der Waals surface area contributed by atoms with Gasteiger partial charge in [0.25, 0.3) is 5.91 Å². The van der Waals surface area contributed by atoms with Crippen molar-refractivity contribution in [2.24, 2.45) is 0 Å². The number of nitrogens with one attached hydrogen (secondary N) is 2. The molecule has 0 aliphatic heterocycles. The molecule has 0 saturated heterocycles. The van der Waals surface area contributed by atoms with E-state index < -0.39 is 0 Å². The van der Waals surface area contributed by atoms with E-state index in [0.717, 1.165) is 21.8 Å². The van der Waals surface area contributed by atoms with Crippen LogP contribution in [-0.4, -0.2) is 29.2 Å². The van der Waals surface area contributed by atoms with Crippen LogP contribution in [0.5, 0.6) is 5.75 Å². The zero-order valence-corrected chi connectivity index (χ0v) is 13.7. The topological polar surface area (TPSA) is 67.0 Å². The highest BCUT2D eigenvalue weighted by Gasteiger charge is 2.13. The number of carbonyl (C=O) groups excluding carboxylic acids is 1. The smallest absolute Gasteiger partial charge is 0.255 e. The maximum Gasteiger partial charge on any atom is 0.255 e. The Morgan fingerprint density at radius 2 is 2.13 bits per heavy atom. The highest BCUT2D eigenvalue weighted by atomic mass is 32.2. The summed E-state index contributed by atoms with van der Waals surface area (Å²) in [6.07, 6.45) is 1.98. The van der Waals surface area contributed by atoms with E-state index in [0.29, 0.717) is 17.9 Å². The van der Waals surface area contributed by atoms with Crippen LogP contribution in [-0.2, 0) is 6.54 Å². The zero-order chi connectivity index (χ0) is 16.2. The molecular weight excluding hydrogens is 310 g/mol. The summed E-state index contributed by atoms with van der Waals surface area (Å²) in [5, 5.41) is 2.87. The molecule has 23 heavy (non-hydrogen) atoms. The van der Waals surface area contributed by atoms with Gasteiger partial charge >= 0.3 is 0 Å². The summed E-state index contributed by atoms with van der Waals surface area (Å²) >= 11 is 1.60. The third-order valence-corrected chi connectivity index (χ3v) is 4.23. The van der Waals surface area contributed by atoms with E-state index >= 15 is 0 Å². The molecule has 3 rings (SSSR count). The molecule has 0 aliphatic carbocycles. The Hall–Kier alpha value is -2.47. The van der Waals surface area contributed by atoms with E-state index in [2.05, 4.69) is 15.3 Å². The molecule has 5 nitrogen and oxygen atoms in total. The third kappa shape index (κ3) is 3.32. The fraction of sp³-hybridized carbons (Fsp3) is 0.176. The van der Waals surface area contributed by atoms with E-state index in [-0.39, 0.29) is 5.91 Å². The van der Waals surface area contributed by atoms with Crippen LogP contribution in [0.25, 0.3) is 11.0 Å². The van der Waals surface area contributed by atoms with Crippen molar-refractivity contribution in [3.63, 3.8) is 0 Å². The van der Waals surface area contributed by atoms with Crippen molar-refractivity contribution < 1.29 is 9.53 Å². The summed E-state index contributed by atoms with van der Waals surface area (Å²) in [4.78, 5) is 21.1. The molecule has 1 amide bonds. The SMILES string of the molecule is COc1cc(SC)ccc1C(=O)NCc1nc2ccccc2[nH]1. The first kappa shape index (κ1) is 15.4. The predicted molar refractivity (Wildman–Crippen MR) is 92.0 cm³/mol. The number of fused-ring (bicyclic) bond motifs is 1. The molecule has 0 radical (unpaired) electrons. The highest BCUT2D eigenvalue weighted by Crippen LogP contribution is 2.25. The van der Waals surface area contributed by atoms with Crippen molar-refractivity contribution in [3.8, 4) is 5.75 Å². The van der Waals surface area contributed by atoms with Crippen LogP contribution in [0.3, 0.4) is 0 Å². The quantitative estimate of drug-likeness (QED) is 0.706. The predicted octanol–water partition coefficient (Wildman–Crippen LogP) is 3.22. The molecule has 0 aliphatic rings. The van der Waals surface area contributed by atoms with Gasteiger partial charge in [-0.05, 0) is 36.6 Å². The number of hydrogen-bond acceptors (Lipinski definition) is 4. The van der Waals surface area contributed by atoms with Crippen molar-refractivity contribution in [2.45, 2.75) is 11.4 Å². The molecular formula is C17H17N3O2S. The number of aromatic nitrogens is 2. The minimum absolute atomic E-state index is 0.185. The number of hydrogen-bond donors (Lipinski definition) is 2. The molecule has 1 aromatic heterocycles. The van der Waals surface area contributed by atoms with Gasteiger partial charge in [-0.2, -0.15) is 0 Å². The van der Waals surface area contributed by atoms with Crippen LogP contribution in [0.4, 0.5) is 0 Å². The third-order valence-electron chi connectivity index (χ3n) is 3.51. The summed E-state index contributed by atoms with van der Waals surface area (Å²) in [5.74, 6) is 1.10. The first-order valence-corrected chi connectivity index (χ1v) is 8.37. The number of ether oxygens (including phenoxy) is 1. The molecule has 0 bridgehead atoms. The van der Waals surface area contributed by atoms with Crippen LogP contribution < -0.4 is 10.1 Å². The summed E-state index contributed by atoms with van der Waals surface area (Å²) in [5.41, 5.74) is 2.36. The Kier molecular flexibility index (Phi) is 4.52. The second kappa shape index (κ2) is 6.75. The molecule has 0 atom stereocenters. The highest BCUT2D eigenvalue weighted by molar-refractivity contribution is 7.98. The van der Waals surface area contributed by atoms with Crippen molar-refractivity contribution in [1.29, 1.82) is 0 Å². The van der Waals surface area contributed by atoms with Gasteiger partial charge < -0.3 is 15.0 Å². The molecule has 6 heteroatoms. The Labute approximate surface area is 138 Å². The molecule has 0 saturated carbocycles. The lowest BCUT2D eigenvalue weighted by atomic mass is 10.2. The molecule has 0 unspecified atom stereocenters. The average Bonchev–Trinajstić information content (AvgIpc) is 3.02. The second-order valence-electron chi connectivity index (χ2n) is 4.95. The van der Waals surface area contributed by atoms with Crippen molar-refractivity contribution in [1.82, 2.24) is 15.3 Å². The molecule has 2 N–H and O–H groups in total. The standard InChI is InChI=1S/C17H17N3O2S/c1-22-15-9-11(23-2)7-8-12(15)17(21)18-10-16-19-13-5-3-4-6-14(13)20-16/h3-9H,10H2,1-2H3,(H,18,21)(H,19,20). The van der Waals surface area contributed by atoms with E-state index in [1.165, 1.54) is 0 Å². The minimum atomic E-state index is -0.185. The second-order valence-corrected chi connectivity index (χ2v) is 5.83. The van der Waals surface area contributed by atoms with Crippen molar-refractivity contribution >= 4 is 28.7 Å². The lowest BCUT2D eigenvalue weighted by Crippen LogP contribution is -2.23. The fourth-order valence-corrected chi connectivity index (χ4v) is 2.76. The van der Waals surface area contributed by atoms with Crippen molar-refractivity contribution in [2.75, 3.05) is 13.4 Å². The summed E-state index contributed by atoms with van der Waals surface area (Å²) in [7, 11) is 1.56. The van der Waals surface area contributed by atoms with Gasteiger partial charge in [0, 0.05) is 4.90 Å². The van der Waals surface area contributed by atoms with Crippen LogP contribution >= 0.6 is 11.8 Å². The number of imidazole rings is 1. The largest absolute Gasteiger partial charge is 0.496 e. The van der Waals surface area contributed by atoms with Crippen LogP contribution in [0.2, 0.25) is 0 Å². The Morgan fingerprint density at radius 3 is 2.87 bits per heavy atom. The number of para-hydroxylation sites is 2. The number of methoxy groups -OCH3 is 1. The summed E-state index contributed by atoms with van der Waals surface area (Å²) in [6.45, 7) is 0.334. The molecule has 2 aromatic carbocycles. The molecule has 1 heterocycles.